The van der Waals surface area contributed by atoms with Crippen LogP contribution >= 0.6 is 0 Å². The molecule has 0 spiro atoms. The van der Waals surface area contributed by atoms with Crippen molar-refractivity contribution in [1.82, 2.24) is 10.2 Å². The Morgan fingerprint density at radius 1 is 1.26 bits per heavy atom. The summed E-state index contributed by atoms with van der Waals surface area (Å²) in [7, 11) is 0. The fraction of sp³-hybridized carbons (Fsp3) is 0.882. The molecule has 6 nitrogen and oxygen atoms in total. The minimum absolute atomic E-state index is 0.0101. The van der Waals surface area contributed by atoms with Crippen LogP contribution in [0.2, 0.25) is 0 Å². The van der Waals surface area contributed by atoms with Crippen molar-refractivity contribution in [2.75, 3.05) is 13.1 Å². The summed E-state index contributed by atoms with van der Waals surface area (Å²) in [4.78, 5) is 25.1. The zero-order valence-corrected chi connectivity index (χ0v) is 14.3. The molecular formula is C17H30N2O4. The third kappa shape index (κ3) is 5.18. The Hall–Kier alpha value is -1.14. The van der Waals surface area contributed by atoms with Gasteiger partial charge in [0.2, 0.25) is 5.91 Å². The first-order valence-electron chi connectivity index (χ1n) is 8.95. The third-order valence-corrected chi connectivity index (χ3v) is 5.04. The molecule has 2 fully saturated rings. The monoisotopic (exact) mass is 326 g/mol. The number of carbonyl (C=O) groups is 2. The molecule has 0 aromatic carbocycles. The van der Waals surface area contributed by atoms with Crippen LogP contribution in [-0.2, 0) is 14.3 Å². The lowest BCUT2D eigenvalue weighted by Gasteiger charge is -2.42. The van der Waals surface area contributed by atoms with Gasteiger partial charge in [-0.1, -0.05) is 26.7 Å². The molecule has 0 aliphatic heterocycles. The fourth-order valence-electron chi connectivity index (χ4n) is 3.57. The molecule has 23 heavy (non-hydrogen) atoms. The van der Waals surface area contributed by atoms with Gasteiger partial charge in [0.1, 0.15) is 6.10 Å². The molecule has 0 unspecified atom stereocenters. The van der Waals surface area contributed by atoms with Gasteiger partial charge in [0.25, 0.3) is 0 Å². The molecule has 6 heteroatoms. The Balaban J connectivity index is 1.72. The van der Waals surface area contributed by atoms with E-state index in [1.54, 1.807) is 0 Å². The average Bonchev–Trinajstić information content (AvgIpc) is 2.98. The maximum Gasteiger partial charge on any atom is 0.317 e. The summed E-state index contributed by atoms with van der Waals surface area (Å²) in [5.41, 5.74) is 0. The summed E-state index contributed by atoms with van der Waals surface area (Å²) < 4.78 is 5.94. The lowest BCUT2D eigenvalue weighted by Crippen LogP contribution is -2.56. The molecule has 2 aliphatic carbocycles. The number of hydrogen-bond donors (Lipinski definition) is 2. The van der Waals surface area contributed by atoms with E-state index < -0.39 is 5.97 Å². The van der Waals surface area contributed by atoms with Crippen molar-refractivity contribution >= 4 is 11.9 Å². The highest BCUT2D eigenvalue weighted by Gasteiger charge is 2.36. The van der Waals surface area contributed by atoms with Crippen LogP contribution in [0.3, 0.4) is 0 Å². The second-order valence-electron chi connectivity index (χ2n) is 6.73. The molecule has 2 aliphatic rings. The molecular weight excluding hydrogens is 296 g/mol. The van der Waals surface area contributed by atoms with E-state index in [0.29, 0.717) is 6.42 Å². The highest BCUT2D eigenvalue weighted by Crippen LogP contribution is 2.27. The number of rotatable bonds is 9. The minimum Gasteiger partial charge on any atom is -0.480 e. The van der Waals surface area contributed by atoms with Gasteiger partial charge >= 0.3 is 5.97 Å². The number of nitrogens with zero attached hydrogens (tertiary/aromatic N) is 1. The Morgan fingerprint density at radius 2 is 1.91 bits per heavy atom. The second kappa shape index (κ2) is 8.64. The molecule has 0 saturated heterocycles. The predicted octanol–water partition coefficient (Wildman–Crippen LogP) is 1.78. The van der Waals surface area contributed by atoms with E-state index in [0.717, 1.165) is 32.2 Å². The molecule has 0 radical (unpaired) electrons. The Labute approximate surface area is 138 Å². The third-order valence-electron chi connectivity index (χ3n) is 5.04. The molecule has 2 N–H and O–H groups in total. The number of nitrogens with one attached hydrogen (secondary N) is 1. The largest absolute Gasteiger partial charge is 0.480 e. The quantitative estimate of drug-likeness (QED) is 0.675. The van der Waals surface area contributed by atoms with Gasteiger partial charge in [0.05, 0.1) is 12.6 Å². The van der Waals surface area contributed by atoms with Gasteiger partial charge in [-0.3, -0.25) is 14.5 Å². The van der Waals surface area contributed by atoms with Crippen molar-refractivity contribution in [2.45, 2.75) is 83.1 Å². The van der Waals surface area contributed by atoms with Crippen LogP contribution in [0.1, 0.15) is 58.8 Å². The maximum absolute atomic E-state index is 12.3. The summed E-state index contributed by atoms with van der Waals surface area (Å²) in [5.74, 6) is -0.806. The van der Waals surface area contributed by atoms with Crippen molar-refractivity contribution < 1.29 is 19.4 Å². The van der Waals surface area contributed by atoms with Crippen LogP contribution in [-0.4, -0.2) is 59.3 Å². The zero-order valence-electron chi connectivity index (χ0n) is 14.3. The Morgan fingerprint density at radius 3 is 2.43 bits per heavy atom. The molecule has 1 atom stereocenters. The molecule has 0 heterocycles. The van der Waals surface area contributed by atoms with Crippen LogP contribution in [0.5, 0.6) is 0 Å². The number of ether oxygens (including phenoxy) is 1. The van der Waals surface area contributed by atoms with Crippen LogP contribution in [0.25, 0.3) is 0 Å². The van der Waals surface area contributed by atoms with Crippen LogP contribution in [0.4, 0.5) is 0 Å². The summed E-state index contributed by atoms with van der Waals surface area (Å²) >= 11 is 0. The molecule has 0 aromatic rings. The van der Waals surface area contributed by atoms with Gasteiger partial charge in [0.15, 0.2) is 0 Å². The number of carboxylic acids is 1. The Bertz CT molecular complexity index is 403. The second-order valence-corrected chi connectivity index (χ2v) is 6.73. The molecule has 0 aromatic heterocycles. The first-order valence-corrected chi connectivity index (χ1v) is 8.95. The summed E-state index contributed by atoms with van der Waals surface area (Å²) in [6.07, 6.45) is 6.76. The highest BCUT2D eigenvalue weighted by molar-refractivity contribution is 5.81. The van der Waals surface area contributed by atoms with Gasteiger partial charge in [-0.15, -0.1) is 0 Å². The zero-order chi connectivity index (χ0) is 16.8. The van der Waals surface area contributed by atoms with Crippen LogP contribution in [0, 0.1) is 0 Å². The SMILES string of the molecule is CC[C@@H](OC1CCCC1)C(=O)NC1CC(N(CC)CC(=O)O)C1. The van der Waals surface area contributed by atoms with Gasteiger partial charge in [-0.2, -0.15) is 0 Å². The van der Waals surface area contributed by atoms with Crippen molar-refractivity contribution in [3.05, 3.63) is 0 Å². The standard InChI is InChI=1S/C17H30N2O4/c1-3-15(23-14-7-5-6-8-14)17(22)18-12-9-13(10-12)19(4-2)11-16(20)21/h12-15H,3-11H2,1-2H3,(H,18,22)(H,20,21)/t12?,13?,15-/m1/s1. The predicted molar refractivity (Wildman–Crippen MR) is 87.3 cm³/mol. The number of carbonyl (C=O) groups excluding carboxylic acids is 1. The van der Waals surface area contributed by atoms with Crippen molar-refractivity contribution in [1.29, 1.82) is 0 Å². The average molecular weight is 326 g/mol. The van der Waals surface area contributed by atoms with E-state index in [4.69, 9.17) is 9.84 Å². The van der Waals surface area contributed by atoms with Crippen molar-refractivity contribution in [2.24, 2.45) is 0 Å². The summed E-state index contributed by atoms with van der Waals surface area (Å²) in [6.45, 7) is 4.75. The summed E-state index contributed by atoms with van der Waals surface area (Å²) in [5, 5.41) is 12.0. The van der Waals surface area contributed by atoms with E-state index in [-0.39, 0.29) is 36.7 Å². The van der Waals surface area contributed by atoms with Crippen LogP contribution < -0.4 is 5.32 Å². The number of hydrogen-bond acceptors (Lipinski definition) is 4. The number of likely N-dealkylation sites (N-methyl/N-ethyl adjacent to an activating group) is 1. The first kappa shape index (κ1) is 18.2. The summed E-state index contributed by atoms with van der Waals surface area (Å²) in [6, 6.07) is 0.411. The maximum atomic E-state index is 12.3. The molecule has 1 amide bonds. The molecule has 132 valence electrons. The normalized spacial score (nSPS) is 26.0. The lowest BCUT2D eigenvalue weighted by atomic mass is 9.85. The fourth-order valence-corrected chi connectivity index (χ4v) is 3.57. The van der Waals surface area contributed by atoms with E-state index in [2.05, 4.69) is 5.32 Å². The Kier molecular flexibility index (Phi) is 6.84. The molecule has 2 saturated carbocycles. The van der Waals surface area contributed by atoms with Gasteiger partial charge in [0, 0.05) is 12.1 Å². The van der Waals surface area contributed by atoms with E-state index in [1.807, 2.05) is 18.7 Å². The number of aliphatic carboxylic acids is 1. The van der Waals surface area contributed by atoms with Crippen molar-refractivity contribution in [3.8, 4) is 0 Å². The highest BCUT2D eigenvalue weighted by atomic mass is 16.5. The minimum atomic E-state index is -0.796. The van der Waals surface area contributed by atoms with Crippen molar-refractivity contribution in [3.63, 3.8) is 0 Å². The molecule has 0 bridgehead atoms. The first-order chi connectivity index (χ1) is 11.0. The van der Waals surface area contributed by atoms with Gasteiger partial charge in [-0.05, 0) is 38.6 Å². The van der Waals surface area contributed by atoms with Crippen LogP contribution in [0.15, 0.2) is 0 Å². The van der Waals surface area contributed by atoms with E-state index >= 15 is 0 Å². The van der Waals surface area contributed by atoms with E-state index in [1.165, 1.54) is 12.8 Å². The topological polar surface area (TPSA) is 78.9 Å². The van der Waals surface area contributed by atoms with Gasteiger partial charge < -0.3 is 15.2 Å². The number of amides is 1. The smallest absolute Gasteiger partial charge is 0.317 e. The lowest BCUT2D eigenvalue weighted by molar-refractivity contribution is -0.141. The van der Waals surface area contributed by atoms with E-state index in [9.17, 15) is 9.59 Å². The molecule has 2 rings (SSSR count). The number of carboxylic acid groups (broad SMARTS) is 1. The van der Waals surface area contributed by atoms with Gasteiger partial charge in [-0.25, -0.2) is 0 Å².